The molecule has 1 rings (SSSR count). The van der Waals surface area contributed by atoms with Gasteiger partial charge in [-0.25, -0.2) is 8.78 Å². The highest BCUT2D eigenvalue weighted by molar-refractivity contribution is 5.62. The van der Waals surface area contributed by atoms with Crippen LogP contribution in [0.5, 0.6) is 0 Å². The van der Waals surface area contributed by atoms with Gasteiger partial charge < -0.3 is 10.8 Å². The first-order chi connectivity index (χ1) is 7.47. The van der Waals surface area contributed by atoms with Gasteiger partial charge in [-0.2, -0.15) is 0 Å². The zero-order chi connectivity index (χ0) is 12.6. The number of aryl methyl sites for hydroxylation is 1. The Bertz CT molecular complexity index is 339. The Morgan fingerprint density at radius 3 is 2.44 bits per heavy atom. The second-order valence-corrected chi connectivity index (χ2v) is 3.15. The van der Waals surface area contributed by atoms with E-state index in [1.807, 2.05) is 0 Å². The van der Waals surface area contributed by atoms with E-state index in [9.17, 15) is 8.78 Å². The van der Waals surface area contributed by atoms with Crippen molar-refractivity contribution in [1.29, 1.82) is 0 Å². The van der Waals surface area contributed by atoms with Gasteiger partial charge in [0.2, 0.25) is 0 Å². The van der Waals surface area contributed by atoms with E-state index < -0.39 is 17.6 Å². The van der Waals surface area contributed by atoms with Crippen LogP contribution in [0.2, 0.25) is 0 Å². The van der Waals surface area contributed by atoms with Crippen LogP contribution in [0.4, 0.5) is 8.78 Å². The van der Waals surface area contributed by atoms with E-state index >= 15 is 0 Å². The molecule has 0 aliphatic rings. The minimum absolute atomic E-state index is 0.483. The van der Waals surface area contributed by atoms with Crippen molar-refractivity contribution >= 4 is 5.97 Å². The maximum Gasteiger partial charge on any atom is 0.300 e. The number of hydrogen-bond acceptors (Lipinski definition) is 2. The van der Waals surface area contributed by atoms with Crippen LogP contribution < -0.4 is 5.73 Å². The number of benzene rings is 1. The SMILES string of the molecule is CC(=O)O.NCCCc1ccc(F)cc1F. The number of rotatable bonds is 3. The van der Waals surface area contributed by atoms with Crippen molar-refractivity contribution in [1.82, 2.24) is 0 Å². The van der Waals surface area contributed by atoms with Gasteiger partial charge in [0.1, 0.15) is 11.6 Å². The third-order valence-electron chi connectivity index (χ3n) is 1.67. The van der Waals surface area contributed by atoms with Gasteiger partial charge in [0, 0.05) is 13.0 Å². The van der Waals surface area contributed by atoms with Gasteiger partial charge in [0.05, 0.1) is 0 Å². The molecular weight excluding hydrogens is 216 g/mol. The molecule has 1 aromatic rings. The largest absolute Gasteiger partial charge is 0.481 e. The van der Waals surface area contributed by atoms with Crippen LogP contribution in [0.15, 0.2) is 18.2 Å². The van der Waals surface area contributed by atoms with Crippen molar-refractivity contribution < 1.29 is 18.7 Å². The molecule has 0 aliphatic heterocycles. The summed E-state index contributed by atoms with van der Waals surface area (Å²) in [6, 6.07) is 3.61. The van der Waals surface area contributed by atoms with Crippen molar-refractivity contribution in [3.63, 3.8) is 0 Å². The minimum atomic E-state index is -0.833. The fourth-order valence-corrected chi connectivity index (χ4v) is 1.02. The van der Waals surface area contributed by atoms with Crippen molar-refractivity contribution in [3.05, 3.63) is 35.4 Å². The van der Waals surface area contributed by atoms with E-state index in [0.29, 0.717) is 18.5 Å². The highest BCUT2D eigenvalue weighted by Gasteiger charge is 2.01. The molecule has 0 saturated heterocycles. The van der Waals surface area contributed by atoms with Crippen LogP contribution >= 0.6 is 0 Å². The van der Waals surface area contributed by atoms with Crippen LogP contribution in [0.3, 0.4) is 0 Å². The molecule has 0 fully saturated rings. The Morgan fingerprint density at radius 1 is 1.44 bits per heavy atom. The summed E-state index contributed by atoms with van der Waals surface area (Å²) in [5.41, 5.74) is 5.79. The second-order valence-electron chi connectivity index (χ2n) is 3.15. The minimum Gasteiger partial charge on any atom is -0.481 e. The fourth-order valence-electron chi connectivity index (χ4n) is 1.02. The summed E-state index contributed by atoms with van der Waals surface area (Å²) in [6.45, 7) is 1.61. The molecular formula is C11H15F2NO2. The third kappa shape index (κ3) is 6.89. The molecule has 0 aromatic heterocycles. The summed E-state index contributed by atoms with van der Waals surface area (Å²) in [5.74, 6) is -1.85. The highest BCUT2D eigenvalue weighted by atomic mass is 19.1. The van der Waals surface area contributed by atoms with Gasteiger partial charge in [0.25, 0.3) is 5.97 Å². The third-order valence-corrected chi connectivity index (χ3v) is 1.67. The quantitative estimate of drug-likeness (QED) is 0.835. The Balaban J connectivity index is 0.000000487. The smallest absolute Gasteiger partial charge is 0.300 e. The van der Waals surface area contributed by atoms with Gasteiger partial charge in [-0.15, -0.1) is 0 Å². The number of carboxylic acids is 1. The number of carboxylic acid groups (broad SMARTS) is 1. The molecule has 0 radical (unpaired) electrons. The van der Waals surface area contributed by atoms with Gasteiger partial charge >= 0.3 is 0 Å². The van der Waals surface area contributed by atoms with Gasteiger partial charge in [-0.1, -0.05) is 6.07 Å². The molecule has 0 unspecified atom stereocenters. The van der Waals surface area contributed by atoms with Crippen LogP contribution in [-0.4, -0.2) is 17.6 Å². The summed E-state index contributed by atoms with van der Waals surface area (Å²) in [7, 11) is 0. The molecule has 3 N–H and O–H groups in total. The Morgan fingerprint density at radius 2 is 2.00 bits per heavy atom. The van der Waals surface area contributed by atoms with Crippen molar-refractivity contribution in [2.45, 2.75) is 19.8 Å². The van der Waals surface area contributed by atoms with Gasteiger partial charge in [0.15, 0.2) is 0 Å². The molecule has 90 valence electrons. The predicted octanol–water partition coefficient (Wildman–Crippen LogP) is 1.95. The molecule has 0 amide bonds. The van der Waals surface area contributed by atoms with Crippen molar-refractivity contribution in [3.8, 4) is 0 Å². The van der Waals surface area contributed by atoms with E-state index in [-0.39, 0.29) is 0 Å². The average molecular weight is 231 g/mol. The van der Waals surface area contributed by atoms with E-state index in [1.165, 1.54) is 12.1 Å². The second kappa shape index (κ2) is 7.76. The first kappa shape index (κ1) is 14.5. The molecule has 0 saturated carbocycles. The lowest BCUT2D eigenvalue weighted by Crippen LogP contribution is -2.01. The summed E-state index contributed by atoms with van der Waals surface area (Å²) in [4.78, 5) is 9.00. The van der Waals surface area contributed by atoms with Crippen molar-refractivity contribution in [2.24, 2.45) is 5.73 Å². The molecule has 16 heavy (non-hydrogen) atoms. The Kier molecular flexibility index (Phi) is 7.03. The lowest BCUT2D eigenvalue weighted by molar-refractivity contribution is -0.134. The Hall–Kier alpha value is -1.49. The number of hydrogen-bond donors (Lipinski definition) is 2. The molecule has 3 nitrogen and oxygen atoms in total. The molecule has 5 heteroatoms. The van der Waals surface area contributed by atoms with Gasteiger partial charge in [-0.3, -0.25) is 4.79 Å². The predicted molar refractivity (Wildman–Crippen MR) is 57.0 cm³/mol. The number of carbonyl (C=O) groups is 1. The lowest BCUT2D eigenvalue weighted by atomic mass is 10.1. The van der Waals surface area contributed by atoms with Gasteiger partial charge in [-0.05, 0) is 31.0 Å². The van der Waals surface area contributed by atoms with E-state index in [0.717, 1.165) is 19.4 Å². The number of nitrogens with two attached hydrogens (primary N) is 1. The zero-order valence-electron chi connectivity index (χ0n) is 9.04. The van der Waals surface area contributed by atoms with Crippen LogP contribution in [0.25, 0.3) is 0 Å². The summed E-state index contributed by atoms with van der Waals surface area (Å²) < 4.78 is 25.3. The van der Waals surface area contributed by atoms with E-state index in [4.69, 9.17) is 15.6 Å². The molecule has 0 heterocycles. The van der Waals surface area contributed by atoms with Crippen LogP contribution in [-0.2, 0) is 11.2 Å². The van der Waals surface area contributed by atoms with Crippen LogP contribution in [0.1, 0.15) is 18.9 Å². The summed E-state index contributed by atoms with van der Waals surface area (Å²) in [5, 5.41) is 7.42. The summed E-state index contributed by atoms with van der Waals surface area (Å²) in [6.07, 6.45) is 1.30. The first-order valence-electron chi connectivity index (χ1n) is 4.81. The highest BCUT2D eigenvalue weighted by Crippen LogP contribution is 2.10. The number of aliphatic carboxylic acids is 1. The lowest BCUT2D eigenvalue weighted by Gasteiger charge is -2.00. The molecule has 0 aliphatic carbocycles. The first-order valence-corrected chi connectivity index (χ1v) is 4.81. The fraction of sp³-hybridized carbons (Fsp3) is 0.364. The summed E-state index contributed by atoms with van der Waals surface area (Å²) >= 11 is 0. The monoisotopic (exact) mass is 231 g/mol. The van der Waals surface area contributed by atoms with E-state index in [1.54, 1.807) is 0 Å². The molecule has 0 atom stereocenters. The van der Waals surface area contributed by atoms with Crippen LogP contribution in [0, 0.1) is 11.6 Å². The zero-order valence-corrected chi connectivity index (χ0v) is 9.04. The standard InChI is InChI=1S/C9H11F2N.C2H4O2/c10-8-4-3-7(2-1-5-12)9(11)6-8;1-2(3)4/h3-4,6H,1-2,5,12H2;1H3,(H,3,4). The molecule has 0 spiro atoms. The molecule has 1 aromatic carbocycles. The molecule has 0 bridgehead atoms. The maximum absolute atomic E-state index is 12.9. The van der Waals surface area contributed by atoms with Crippen molar-refractivity contribution in [2.75, 3.05) is 6.54 Å². The number of halogens is 2. The average Bonchev–Trinajstić information content (AvgIpc) is 2.15. The topological polar surface area (TPSA) is 63.3 Å². The Labute approximate surface area is 92.9 Å². The maximum atomic E-state index is 12.9. The normalized spacial score (nSPS) is 9.25. The van der Waals surface area contributed by atoms with E-state index in [2.05, 4.69) is 0 Å².